The lowest BCUT2D eigenvalue weighted by Crippen LogP contribution is -2.30. The Kier molecular flexibility index (Phi) is 3.84. The third kappa shape index (κ3) is 3.16. The zero-order chi connectivity index (χ0) is 12.3. The van der Waals surface area contributed by atoms with Gasteiger partial charge in [-0.05, 0) is 25.1 Å². The van der Waals surface area contributed by atoms with E-state index in [0.717, 1.165) is 18.2 Å². The molecule has 0 aliphatic rings. The fourth-order valence-electron chi connectivity index (χ4n) is 1.00. The number of sulfonamides is 1. The van der Waals surface area contributed by atoms with E-state index >= 15 is 0 Å². The molecule has 0 fully saturated rings. The molecule has 0 aromatic heterocycles. The predicted molar refractivity (Wildman–Crippen MR) is 57.7 cm³/mol. The number of rotatable bonds is 4. The van der Waals surface area contributed by atoms with E-state index in [1.807, 2.05) is 0 Å². The van der Waals surface area contributed by atoms with E-state index in [2.05, 4.69) is 4.72 Å². The van der Waals surface area contributed by atoms with E-state index in [-0.39, 0.29) is 17.1 Å². The molecule has 90 valence electrons. The van der Waals surface area contributed by atoms with Crippen molar-refractivity contribution in [3.05, 3.63) is 24.0 Å². The minimum Gasteiger partial charge on any atom is -0.396 e. The molecule has 0 saturated carbocycles. The van der Waals surface area contributed by atoms with Crippen molar-refractivity contribution >= 4 is 15.7 Å². The SMILES string of the molecule is C[C@@H](O)CNS(=O)(=O)c1ccc(F)c(N)c1. The van der Waals surface area contributed by atoms with E-state index in [4.69, 9.17) is 10.8 Å². The van der Waals surface area contributed by atoms with Crippen LogP contribution in [-0.4, -0.2) is 26.2 Å². The molecule has 1 rings (SSSR count). The minimum absolute atomic E-state index is 0.111. The van der Waals surface area contributed by atoms with Gasteiger partial charge in [0, 0.05) is 6.54 Å². The average molecular weight is 248 g/mol. The molecule has 5 nitrogen and oxygen atoms in total. The molecule has 4 N–H and O–H groups in total. The van der Waals surface area contributed by atoms with Gasteiger partial charge in [0.05, 0.1) is 16.7 Å². The molecule has 0 aliphatic heterocycles. The summed E-state index contributed by atoms with van der Waals surface area (Å²) in [6.45, 7) is 1.33. The molecule has 1 aromatic rings. The van der Waals surface area contributed by atoms with Crippen molar-refractivity contribution in [3.63, 3.8) is 0 Å². The van der Waals surface area contributed by atoms with Crippen LogP contribution in [0.2, 0.25) is 0 Å². The number of hydrogen-bond acceptors (Lipinski definition) is 4. The lowest BCUT2D eigenvalue weighted by Gasteiger charge is -2.08. The van der Waals surface area contributed by atoms with Crippen LogP contribution in [0, 0.1) is 5.82 Å². The maximum Gasteiger partial charge on any atom is 0.240 e. The summed E-state index contributed by atoms with van der Waals surface area (Å²) in [7, 11) is -3.75. The van der Waals surface area contributed by atoms with Gasteiger partial charge in [-0.2, -0.15) is 0 Å². The second-order valence-corrected chi connectivity index (χ2v) is 5.15. The molecule has 0 radical (unpaired) electrons. The normalized spacial score (nSPS) is 13.7. The number of anilines is 1. The smallest absolute Gasteiger partial charge is 0.240 e. The summed E-state index contributed by atoms with van der Waals surface area (Å²) in [5.41, 5.74) is 5.02. The summed E-state index contributed by atoms with van der Waals surface area (Å²) in [5.74, 6) is -0.672. The first-order valence-corrected chi connectivity index (χ1v) is 6.04. The summed E-state index contributed by atoms with van der Waals surface area (Å²) in [4.78, 5) is -0.132. The fourth-order valence-corrected chi connectivity index (χ4v) is 2.16. The van der Waals surface area contributed by atoms with Crippen molar-refractivity contribution in [3.8, 4) is 0 Å². The molecule has 1 atom stereocenters. The van der Waals surface area contributed by atoms with Crippen molar-refractivity contribution in [2.75, 3.05) is 12.3 Å². The highest BCUT2D eigenvalue weighted by molar-refractivity contribution is 7.89. The Morgan fingerprint density at radius 1 is 1.56 bits per heavy atom. The molecule has 16 heavy (non-hydrogen) atoms. The van der Waals surface area contributed by atoms with Gasteiger partial charge in [-0.1, -0.05) is 0 Å². The summed E-state index contributed by atoms with van der Waals surface area (Å²) in [6.07, 6.45) is -0.799. The number of nitrogen functional groups attached to an aromatic ring is 1. The van der Waals surface area contributed by atoms with Gasteiger partial charge in [0.25, 0.3) is 0 Å². The Morgan fingerprint density at radius 2 is 2.19 bits per heavy atom. The second-order valence-electron chi connectivity index (χ2n) is 3.38. The topological polar surface area (TPSA) is 92.4 Å². The van der Waals surface area contributed by atoms with Crippen molar-refractivity contribution in [2.24, 2.45) is 0 Å². The van der Waals surface area contributed by atoms with Gasteiger partial charge in [-0.3, -0.25) is 0 Å². The number of aliphatic hydroxyl groups is 1. The number of nitrogens with one attached hydrogen (secondary N) is 1. The van der Waals surface area contributed by atoms with Crippen LogP contribution in [-0.2, 0) is 10.0 Å². The van der Waals surface area contributed by atoms with Crippen molar-refractivity contribution < 1.29 is 17.9 Å². The van der Waals surface area contributed by atoms with Gasteiger partial charge >= 0.3 is 0 Å². The van der Waals surface area contributed by atoms with Gasteiger partial charge in [-0.25, -0.2) is 17.5 Å². The summed E-state index contributed by atoms with van der Waals surface area (Å²) in [6, 6.07) is 3.11. The molecule has 0 saturated heterocycles. The van der Waals surface area contributed by atoms with E-state index < -0.39 is 21.9 Å². The van der Waals surface area contributed by atoms with Crippen molar-refractivity contribution in [1.29, 1.82) is 0 Å². The van der Waals surface area contributed by atoms with Crippen LogP contribution in [0.3, 0.4) is 0 Å². The number of hydrogen-bond donors (Lipinski definition) is 3. The van der Waals surface area contributed by atoms with Crippen LogP contribution in [0.25, 0.3) is 0 Å². The molecular formula is C9H13FN2O3S. The average Bonchev–Trinajstić information content (AvgIpc) is 2.19. The molecule has 0 unspecified atom stereocenters. The van der Waals surface area contributed by atoms with E-state index in [0.29, 0.717) is 0 Å². The Morgan fingerprint density at radius 3 is 2.69 bits per heavy atom. The molecule has 0 aliphatic carbocycles. The zero-order valence-corrected chi connectivity index (χ0v) is 9.46. The van der Waals surface area contributed by atoms with Crippen LogP contribution >= 0.6 is 0 Å². The Hall–Kier alpha value is -1.18. The third-order valence-electron chi connectivity index (χ3n) is 1.85. The van der Waals surface area contributed by atoms with Crippen LogP contribution in [0.4, 0.5) is 10.1 Å². The van der Waals surface area contributed by atoms with Gasteiger partial charge in [0.15, 0.2) is 0 Å². The quantitative estimate of drug-likeness (QED) is 0.657. The van der Waals surface area contributed by atoms with Crippen LogP contribution in [0.15, 0.2) is 23.1 Å². The number of benzene rings is 1. The summed E-state index contributed by atoms with van der Waals surface area (Å²) >= 11 is 0. The molecule has 7 heteroatoms. The first-order chi connectivity index (χ1) is 7.33. The van der Waals surface area contributed by atoms with Crippen molar-refractivity contribution in [1.82, 2.24) is 4.72 Å². The van der Waals surface area contributed by atoms with Crippen LogP contribution in [0.1, 0.15) is 6.92 Å². The maximum atomic E-state index is 12.8. The highest BCUT2D eigenvalue weighted by atomic mass is 32.2. The van der Waals surface area contributed by atoms with Gasteiger partial charge in [0.2, 0.25) is 10.0 Å². The fraction of sp³-hybridized carbons (Fsp3) is 0.333. The van der Waals surface area contributed by atoms with Gasteiger partial charge in [-0.15, -0.1) is 0 Å². The number of aliphatic hydroxyl groups excluding tert-OH is 1. The minimum atomic E-state index is -3.75. The monoisotopic (exact) mass is 248 g/mol. The van der Waals surface area contributed by atoms with Gasteiger partial charge in [0.1, 0.15) is 5.82 Å². The van der Waals surface area contributed by atoms with Crippen LogP contribution in [0.5, 0.6) is 0 Å². The summed E-state index contributed by atoms with van der Waals surface area (Å²) in [5, 5.41) is 8.95. The van der Waals surface area contributed by atoms with Crippen LogP contribution < -0.4 is 10.5 Å². The zero-order valence-electron chi connectivity index (χ0n) is 8.64. The first-order valence-electron chi connectivity index (χ1n) is 4.55. The largest absolute Gasteiger partial charge is 0.396 e. The van der Waals surface area contributed by atoms with Gasteiger partial charge < -0.3 is 10.8 Å². The highest BCUT2D eigenvalue weighted by Crippen LogP contribution is 2.16. The Balaban J connectivity index is 2.94. The predicted octanol–water partition coefficient (Wildman–Crippen LogP) is 0.0670. The lowest BCUT2D eigenvalue weighted by atomic mass is 10.3. The molecule has 0 heterocycles. The third-order valence-corrected chi connectivity index (χ3v) is 3.27. The molecule has 0 bridgehead atoms. The maximum absolute atomic E-state index is 12.8. The first kappa shape index (κ1) is 12.9. The number of halogens is 1. The molecule has 0 amide bonds. The van der Waals surface area contributed by atoms with E-state index in [9.17, 15) is 12.8 Å². The lowest BCUT2D eigenvalue weighted by molar-refractivity contribution is 0.198. The second kappa shape index (κ2) is 4.77. The molecule has 1 aromatic carbocycles. The highest BCUT2D eigenvalue weighted by Gasteiger charge is 2.15. The molecule has 0 spiro atoms. The Bertz CT molecular complexity index is 474. The summed E-state index contributed by atoms with van der Waals surface area (Å²) < 4.78 is 38.2. The van der Waals surface area contributed by atoms with E-state index in [1.54, 1.807) is 0 Å². The standard InChI is InChI=1S/C9H13FN2O3S/c1-6(13)5-12-16(14,15)7-2-3-8(10)9(11)4-7/h2-4,6,12-13H,5,11H2,1H3/t6-/m1/s1. The van der Waals surface area contributed by atoms with E-state index in [1.165, 1.54) is 6.92 Å². The Labute approximate surface area is 93.1 Å². The van der Waals surface area contributed by atoms with Crippen molar-refractivity contribution in [2.45, 2.75) is 17.9 Å². The molecular weight excluding hydrogens is 235 g/mol. The number of nitrogens with two attached hydrogens (primary N) is 1.